The molecule has 0 radical (unpaired) electrons. The van der Waals surface area contributed by atoms with Gasteiger partial charge in [-0.3, -0.25) is 64.9 Å². The summed E-state index contributed by atoms with van der Waals surface area (Å²) in [5, 5.41) is 60.8. The molecule has 0 heterocycles. The van der Waals surface area contributed by atoms with E-state index >= 15 is 0 Å². The van der Waals surface area contributed by atoms with E-state index in [1.807, 2.05) is 0 Å². The minimum Gasteiger partial charge on any atom is -0.478 e. The van der Waals surface area contributed by atoms with Gasteiger partial charge >= 0.3 is 17.9 Å². The molecule has 49 nitrogen and oxygen atoms in total. The lowest BCUT2D eigenvalue weighted by atomic mass is 10.0. The SMILES string of the molecule is O=C(Nc1ccccc1)c1cc(C(=O)Nc2ccc(N=Nc3cc(S(=O)(=O)O)c4cc(S(=O)(=O)O)cc(S(=O)(=O)O)c4c3)cc2C(=O)O)cc(C(=O)Nc2ccc(N=Nc3cc(S(=O)(=O)O)c4cc(S(=O)(=O)O)cc(S(=O)(=O)O)c4c3)cc2C(=O)O)c1.O=C(Nc1ccccc1)c1ccc(C(=O)Nc2ccc(N=Nc3cc(S(=O)(=O)O)c4cc(S(=O)(=O)O)cc(S(=O)(=O)O)c4c3)cc2C(=O)O)cc1. The van der Waals surface area contributed by atoms with Crippen LogP contribution in [0.15, 0.2) is 305 Å². The van der Waals surface area contributed by atoms with E-state index in [0.717, 1.165) is 78.9 Å². The standard InChI is InChI=1S/C49H33N7O25S6.C31H22N4O13S3/c57-45(50-26-4-2-1-3-5-26)23-10-24(46(58)51-39-8-6-27(13-37(39)48(60)61)53-55-29-15-33-35(41(17-29)84(70,71)72)19-31(82(64,65)66)21-43(33)86(76,77)78)12-25(11-23)47(59)52-40-9-7-28(14-38(40)49(62)63)54-56-30-16-34-36(42(18-30)85(73,74)75)20-32(83(67,68)69)22-44(34)87(79,80)81;36-29(32-19-4-2-1-3-5-19)17-6-8-18(9-7-17)30(37)33-26-11-10-20(12-25(26)31(38)39)34-35-21-13-23-24(27(14-21)50(43,44)45)15-22(49(40,41)42)16-28(23)51(46,47)48/h1-22H,(H,50,57)(H,51,58)(H,52,59)(H,60,61)(H,62,63)(H,64,65,66)(H,67,68,69)(H,70,71,72)(H,73,74,75)(H,76,77,78)(H,79,80,81);1-16H,(H,32,36)(H,33,37)(H,38,39)(H,40,41,42)(H,43,44,45)(H,46,47,48). The van der Waals surface area contributed by atoms with E-state index in [0.29, 0.717) is 48.2 Å². The number of azo groups is 3. The van der Waals surface area contributed by atoms with Crippen molar-refractivity contribution in [3.63, 3.8) is 0 Å². The van der Waals surface area contributed by atoms with Crippen LogP contribution in [0, 0.1) is 0 Å². The Kier molecular flexibility index (Phi) is 28.4. The van der Waals surface area contributed by atoms with Crippen LogP contribution in [0.2, 0.25) is 0 Å². The number of benzene rings is 13. The molecule has 0 unspecified atom stereocenters. The molecule has 712 valence electrons. The Labute approximate surface area is 774 Å². The van der Waals surface area contributed by atoms with Crippen LogP contribution in [0.4, 0.5) is 62.6 Å². The predicted molar refractivity (Wildman–Crippen MR) is 478 cm³/mol. The van der Waals surface area contributed by atoms with Crippen molar-refractivity contribution in [2.75, 3.05) is 26.6 Å². The van der Waals surface area contributed by atoms with Gasteiger partial charge in [-0.15, -0.1) is 0 Å². The van der Waals surface area contributed by atoms with Crippen LogP contribution in [0.25, 0.3) is 32.3 Å². The van der Waals surface area contributed by atoms with Gasteiger partial charge in [0.1, 0.15) is 29.4 Å². The summed E-state index contributed by atoms with van der Waals surface area (Å²) in [4.78, 5) is 93.8. The van der Waals surface area contributed by atoms with Gasteiger partial charge < -0.3 is 41.9 Å². The number of aromatic carboxylic acids is 3. The topological polar surface area (TPSA) is 821 Å². The number of amides is 5. The number of rotatable bonds is 28. The van der Waals surface area contributed by atoms with Crippen molar-refractivity contribution in [1.29, 1.82) is 0 Å². The molecule has 13 aromatic rings. The van der Waals surface area contributed by atoms with Gasteiger partial charge in [0.05, 0.1) is 82.6 Å². The predicted octanol–water partition coefficient (Wildman–Crippen LogP) is 12.7. The molecule has 17 N–H and O–H groups in total. The number of carboxylic acid groups (broad SMARTS) is 3. The highest BCUT2D eigenvalue weighted by molar-refractivity contribution is 7.88. The van der Waals surface area contributed by atoms with Crippen molar-refractivity contribution in [3.8, 4) is 0 Å². The van der Waals surface area contributed by atoms with Crippen LogP contribution in [-0.4, -0.2) is 179 Å². The Balaban J connectivity index is 0.000000284. The Bertz CT molecular complexity index is 8420. The van der Waals surface area contributed by atoms with E-state index in [4.69, 9.17) is 0 Å². The minimum absolute atomic E-state index is 0.0882. The number of anilines is 5. The first-order valence-electron chi connectivity index (χ1n) is 37.0. The fourth-order valence-corrected chi connectivity index (χ4v) is 18.9. The average Bonchev–Trinajstić information content (AvgIpc) is 0.751. The Hall–Kier alpha value is -15.6. The normalized spacial score (nSPS) is 12.4. The highest BCUT2D eigenvalue weighted by atomic mass is 32.3. The zero-order chi connectivity index (χ0) is 101. The summed E-state index contributed by atoms with van der Waals surface area (Å²) in [6.45, 7) is 0. The van der Waals surface area contributed by atoms with Gasteiger partial charge in [-0.1, -0.05) is 36.4 Å². The molecule has 0 saturated heterocycles. The van der Waals surface area contributed by atoms with Gasteiger partial charge in [0, 0.05) is 71.5 Å². The monoisotopic (exact) mass is 2070 g/mol. The maximum Gasteiger partial charge on any atom is 0.337 e. The van der Waals surface area contributed by atoms with Gasteiger partial charge in [-0.05, 0) is 194 Å². The molecule has 0 atom stereocenters. The number of hydrogen-bond donors (Lipinski definition) is 17. The number of carbonyl (C=O) groups is 8. The number of para-hydroxylation sites is 2. The summed E-state index contributed by atoms with van der Waals surface area (Å²) >= 11 is 0. The smallest absolute Gasteiger partial charge is 0.337 e. The van der Waals surface area contributed by atoms with Crippen molar-refractivity contribution in [3.05, 3.63) is 275 Å². The molecule has 138 heavy (non-hydrogen) atoms. The van der Waals surface area contributed by atoms with Gasteiger partial charge in [0.2, 0.25) is 0 Å². The zero-order valence-corrected chi connectivity index (χ0v) is 75.1. The number of carbonyl (C=O) groups excluding carboxylic acids is 5. The molecule has 58 heteroatoms. The molecular weight excluding hydrogens is 2010 g/mol. The first kappa shape index (κ1) is 101. The van der Waals surface area contributed by atoms with E-state index in [-0.39, 0.29) is 57.3 Å². The summed E-state index contributed by atoms with van der Waals surface area (Å²) in [6.07, 6.45) is 0. The van der Waals surface area contributed by atoms with Crippen molar-refractivity contribution in [2.24, 2.45) is 30.7 Å². The van der Waals surface area contributed by atoms with Crippen molar-refractivity contribution in [2.45, 2.75) is 44.1 Å². The molecular formula is C80H55N11O38S9. The lowest BCUT2D eigenvalue weighted by Crippen LogP contribution is -2.20. The second-order valence-corrected chi connectivity index (χ2v) is 40.8. The van der Waals surface area contributed by atoms with E-state index in [9.17, 15) is 170 Å². The first-order valence-corrected chi connectivity index (χ1v) is 50.0. The number of nitrogens with zero attached hydrogens (tertiary/aromatic N) is 6. The van der Waals surface area contributed by atoms with E-state index in [1.165, 1.54) is 48.5 Å². The molecule has 0 fully saturated rings. The zero-order valence-electron chi connectivity index (χ0n) is 67.8. The molecule has 13 aromatic carbocycles. The number of hydrogen-bond acceptors (Lipinski definition) is 32. The third-order valence-corrected chi connectivity index (χ3v) is 26.8. The molecule has 0 saturated carbocycles. The first-order chi connectivity index (χ1) is 64.1. The van der Waals surface area contributed by atoms with Gasteiger partial charge in [0.25, 0.3) is 121 Å². The number of carboxylic acids is 3. The van der Waals surface area contributed by atoms with Crippen LogP contribution in [-0.2, 0) is 91.1 Å². The van der Waals surface area contributed by atoms with Crippen LogP contribution < -0.4 is 26.6 Å². The number of nitrogens with one attached hydrogen (secondary N) is 5. The maximum absolute atomic E-state index is 14.0. The lowest BCUT2D eigenvalue weighted by molar-refractivity contribution is 0.0687. The van der Waals surface area contributed by atoms with Crippen molar-refractivity contribution in [1.82, 2.24) is 0 Å². The molecule has 0 spiro atoms. The summed E-state index contributed by atoms with van der Waals surface area (Å²) < 4.78 is 306. The highest BCUT2D eigenvalue weighted by Crippen LogP contribution is 2.42. The van der Waals surface area contributed by atoms with Gasteiger partial charge in [0.15, 0.2) is 0 Å². The second-order valence-electron chi connectivity index (χ2n) is 28.2. The maximum atomic E-state index is 14.0. The summed E-state index contributed by atoms with van der Waals surface area (Å²) in [7, 11) is -47.7. The Morgan fingerprint density at radius 3 is 0.645 bits per heavy atom. The Morgan fingerprint density at radius 2 is 0.413 bits per heavy atom. The molecule has 0 aliphatic heterocycles. The quantitative estimate of drug-likeness (QED) is 0.0160. The minimum atomic E-state index is -5.41. The van der Waals surface area contributed by atoms with Crippen molar-refractivity contribution < 1.29 is 170 Å². The highest BCUT2D eigenvalue weighted by Gasteiger charge is 2.32. The molecule has 0 aliphatic carbocycles. The molecule has 0 aliphatic rings. The van der Waals surface area contributed by atoms with Crippen LogP contribution in [0.1, 0.15) is 82.9 Å². The summed E-state index contributed by atoms with van der Waals surface area (Å²) in [6, 6.07) is 40.5. The van der Waals surface area contributed by atoms with Crippen LogP contribution >= 0.6 is 0 Å². The van der Waals surface area contributed by atoms with Crippen LogP contribution in [0.3, 0.4) is 0 Å². The molecule has 0 bridgehead atoms. The fourth-order valence-electron chi connectivity index (χ4n) is 12.8. The third-order valence-electron chi connectivity index (χ3n) is 18.9. The summed E-state index contributed by atoms with van der Waals surface area (Å²) in [5.41, 5.74) is -5.76. The number of fused-ring (bicyclic) bond motifs is 3. The van der Waals surface area contributed by atoms with Gasteiger partial charge in [-0.25, -0.2) is 14.4 Å². The second kappa shape index (κ2) is 38.6. The Morgan fingerprint density at radius 1 is 0.203 bits per heavy atom. The lowest BCUT2D eigenvalue weighted by Gasteiger charge is -2.13. The molecule has 13 rings (SSSR count). The largest absolute Gasteiger partial charge is 0.478 e. The van der Waals surface area contributed by atoms with E-state index < -0.39 is 271 Å². The van der Waals surface area contributed by atoms with Crippen molar-refractivity contribution >= 4 is 233 Å². The average molecular weight is 2070 g/mol. The third kappa shape index (κ3) is 24.2. The van der Waals surface area contributed by atoms with E-state index in [1.54, 1.807) is 48.5 Å². The molecule has 5 amide bonds. The van der Waals surface area contributed by atoms with Crippen LogP contribution in [0.5, 0.6) is 0 Å². The summed E-state index contributed by atoms with van der Waals surface area (Å²) in [5.74, 6) is -9.35. The van der Waals surface area contributed by atoms with Gasteiger partial charge in [-0.2, -0.15) is 106 Å². The fraction of sp³-hybridized carbons (Fsp3) is 0. The van der Waals surface area contributed by atoms with E-state index in [2.05, 4.69) is 57.3 Å². The molecule has 0 aromatic heterocycles.